The van der Waals surface area contributed by atoms with E-state index in [-0.39, 0.29) is 5.96 Å². The Morgan fingerprint density at radius 3 is 2.77 bits per heavy atom. The maximum absolute atomic E-state index is 11.1. The highest BCUT2D eigenvalue weighted by atomic mass is 16.5. The number of hydrogen-bond acceptors (Lipinski definition) is 4. The molecule has 1 heterocycles. The molecule has 1 aromatic rings. The molecule has 0 spiro atoms. The minimum Gasteiger partial charge on any atom is -0.465 e. The Kier molecular flexibility index (Phi) is 2.32. The van der Waals surface area contributed by atoms with Crippen LogP contribution in [0.2, 0.25) is 0 Å². The van der Waals surface area contributed by atoms with Crippen molar-refractivity contribution in [2.45, 2.75) is 6.92 Å². The van der Waals surface area contributed by atoms with Gasteiger partial charge in [0.15, 0.2) is 0 Å². The first-order chi connectivity index (χ1) is 6.07. The third kappa shape index (κ3) is 1.51. The van der Waals surface area contributed by atoms with Crippen LogP contribution >= 0.6 is 0 Å². The van der Waals surface area contributed by atoms with Crippen LogP contribution in [0, 0.1) is 12.3 Å². The van der Waals surface area contributed by atoms with Crippen LogP contribution in [0.5, 0.6) is 0 Å². The number of nitrogens with zero attached hydrogens (tertiary/aromatic N) is 2. The van der Waals surface area contributed by atoms with Crippen molar-refractivity contribution in [3.8, 4) is 0 Å². The molecule has 0 saturated heterocycles. The second-order valence-electron chi connectivity index (χ2n) is 2.43. The number of nitrogen functional groups attached to an aromatic ring is 1. The van der Waals surface area contributed by atoms with Crippen molar-refractivity contribution >= 4 is 11.9 Å². The fraction of sp³-hybridized carbons (Fsp3) is 0.286. The van der Waals surface area contributed by atoms with Crippen LogP contribution in [0.4, 0.5) is 0 Å². The van der Waals surface area contributed by atoms with Gasteiger partial charge in [-0.2, -0.15) is 5.10 Å². The number of carbonyl (C=O) groups excluding carboxylic acids is 1. The van der Waals surface area contributed by atoms with Gasteiger partial charge < -0.3 is 10.5 Å². The third-order valence-corrected chi connectivity index (χ3v) is 1.64. The summed E-state index contributed by atoms with van der Waals surface area (Å²) < 4.78 is 5.67. The van der Waals surface area contributed by atoms with Gasteiger partial charge in [0.05, 0.1) is 19.0 Å². The van der Waals surface area contributed by atoms with Gasteiger partial charge in [-0.1, -0.05) is 0 Å². The number of ether oxygens (including phenoxy) is 1. The lowest BCUT2D eigenvalue weighted by Gasteiger charge is -2.00. The van der Waals surface area contributed by atoms with Gasteiger partial charge in [-0.3, -0.25) is 5.41 Å². The highest BCUT2D eigenvalue weighted by molar-refractivity contribution is 5.91. The third-order valence-electron chi connectivity index (χ3n) is 1.64. The summed E-state index contributed by atoms with van der Waals surface area (Å²) in [4.78, 5) is 11.1. The maximum atomic E-state index is 11.1. The first-order valence-corrected chi connectivity index (χ1v) is 3.55. The number of hydrogen-bond donors (Lipinski definition) is 2. The molecule has 0 aromatic carbocycles. The van der Waals surface area contributed by atoms with Gasteiger partial charge in [-0.25, -0.2) is 9.48 Å². The van der Waals surface area contributed by atoms with Crippen LogP contribution in [-0.2, 0) is 4.74 Å². The van der Waals surface area contributed by atoms with Crippen molar-refractivity contribution < 1.29 is 9.53 Å². The first kappa shape index (κ1) is 9.24. The number of methoxy groups -OCH3 is 1. The normalized spacial score (nSPS) is 9.69. The summed E-state index contributed by atoms with van der Waals surface area (Å²) in [5, 5.41) is 10.9. The SMILES string of the molecule is COC(=O)c1cnn(C(=N)N)c1C. The predicted molar refractivity (Wildman–Crippen MR) is 45.6 cm³/mol. The summed E-state index contributed by atoms with van der Waals surface area (Å²) in [6.45, 7) is 1.64. The van der Waals surface area contributed by atoms with Crippen LogP contribution in [-0.4, -0.2) is 28.8 Å². The Labute approximate surface area is 74.8 Å². The molecule has 1 aromatic heterocycles. The summed E-state index contributed by atoms with van der Waals surface area (Å²) in [5.41, 5.74) is 6.02. The molecule has 0 aliphatic heterocycles. The van der Waals surface area contributed by atoms with Crippen LogP contribution in [0.15, 0.2) is 6.20 Å². The second-order valence-corrected chi connectivity index (χ2v) is 2.43. The quantitative estimate of drug-likeness (QED) is 0.355. The van der Waals surface area contributed by atoms with Gasteiger partial charge in [-0.15, -0.1) is 0 Å². The molecule has 13 heavy (non-hydrogen) atoms. The van der Waals surface area contributed by atoms with Crippen molar-refractivity contribution in [3.63, 3.8) is 0 Å². The van der Waals surface area contributed by atoms with E-state index in [0.29, 0.717) is 11.3 Å². The summed E-state index contributed by atoms with van der Waals surface area (Å²) in [6.07, 6.45) is 1.32. The van der Waals surface area contributed by atoms with E-state index in [1.807, 2.05) is 0 Å². The molecule has 0 atom stereocenters. The Bertz CT molecular complexity index is 355. The summed E-state index contributed by atoms with van der Waals surface area (Å²) in [6, 6.07) is 0. The molecule has 3 N–H and O–H groups in total. The van der Waals surface area contributed by atoms with Crippen molar-refractivity contribution in [2.24, 2.45) is 5.73 Å². The van der Waals surface area contributed by atoms with Crippen molar-refractivity contribution in [2.75, 3.05) is 7.11 Å². The van der Waals surface area contributed by atoms with Gasteiger partial charge in [0.25, 0.3) is 0 Å². The van der Waals surface area contributed by atoms with E-state index in [0.717, 1.165) is 4.68 Å². The van der Waals surface area contributed by atoms with Crippen molar-refractivity contribution in [1.29, 1.82) is 5.41 Å². The van der Waals surface area contributed by atoms with Crippen molar-refractivity contribution in [3.05, 3.63) is 17.5 Å². The second kappa shape index (κ2) is 3.26. The molecule has 0 fully saturated rings. The first-order valence-electron chi connectivity index (χ1n) is 3.55. The zero-order chi connectivity index (χ0) is 10.0. The van der Waals surface area contributed by atoms with E-state index in [4.69, 9.17) is 11.1 Å². The Morgan fingerprint density at radius 1 is 1.77 bits per heavy atom. The topological polar surface area (TPSA) is 94.0 Å². The fourth-order valence-corrected chi connectivity index (χ4v) is 0.963. The molecule has 0 unspecified atom stereocenters. The van der Waals surface area contributed by atoms with E-state index in [1.165, 1.54) is 13.3 Å². The largest absolute Gasteiger partial charge is 0.465 e. The zero-order valence-corrected chi connectivity index (χ0v) is 7.37. The molecule has 6 nitrogen and oxygen atoms in total. The molecular weight excluding hydrogens is 172 g/mol. The Morgan fingerprint density at radius 2 is 2.38 bits per heavy atom. The lowest BCUT2D eigenvalue weighted by Crippen LogP contribution is -2.23. The number of nitrogens with one attached hydrogen (secondary N) is 1. The molecule has 0 saturated carbocycles. The molecule has 1 rings (SSSR count). The summed E-state index contributed by atoms with van der Waals surface area (Å²) >= 11 is 0. The standard InChI is InChI=1S/C7H10N4O2/c1-4-5(6(12)13-2)3-10-11(4)7(8)9/h3H,1-2H3,(H3,8,9). The van der Waals surface area contributed by atoms with Gasteiger partial charge in [0, 0.05) is 0 Å². The minimum atomic E-state index is -0.481. The van der Waals surface area contributed by atoms with E-state index in [2.05, 4.69) is 9.84 Å². The van der Waals surface area contributed by atoms with E-state index in [9.17, 15) is 4.79 Å². The fourth-order valence-electron chi connectivity index (χ4n) is 0.963. The number of esters is 1. The molecule has 0 bridgehead atoms. The lowest BCUT2D eigenvalue weighted by atomic mass is 10.3. The molecular formula is C7H10N4O2. The number of rotatable bonds is 1. The number of aromatic nitrogens is 2. The smallest absolute Gasteiger partial charge is 0.341 e. The monoisotopic (exact) mass is 182 g/mol. The lowest BCUT2D eigenvalue weighted by molar-refractivity contribution is 0.0600. The molecule has 0 aliphatic rings. The summed E-state index contributed by atoms with van der Waals surface area (Å²) in [5.74, 6) is -0.711. The van der Waals surface area contributed by atoms with E-state index in [1.54, 1.807) is 6.92 Å². The van der Waals surface area contributed by atoms with E-state index >= 15 is 0 Å². The molecule has 0 radical (unpaired) electrons. The predicted octanol–water partition coefficient (Wildman–Crippen LogP) is -0.280. The van der Waals surface area contributed by atoms with Gasteiger partial charge >= 0.3 is 5.97 Å². The zero-order valence-electron chi connectivity index (χ0n) is 7.37. The maximum Gasteiger partial charge on any atom is 0.341 e. The molecule has 0 aliphatic carbocycles. The molecule has 0 amide bonds. The van der Waals surface area contributed by atoms with Crippen LogP contribution in [0.3, 0.4) is 0 Å². The van der Waals surface area contributed by atoms with Crippen LogP contribution in [0.1, 0.15) is 16.1 Å². The Hall–Kier alpha value is -1.85. The highest BCUT2D eigenvalue weighted by Crippen LogP contribution is 2.07. The Balaban J connectivity index is 3.13. The van der Waals surface area contributed by atoms with Gasteiger partial charge in [0.1, 0.15) is 5.56 Å². The van der Waals surface area contributed by atoms with E-state index < -0.39 is 5.97 Å². The van der Waals surface area contributed by atoms with Gasteiger partial charge in [0.2, 0.25) is 5.96 Å². The molecule has 6 heteroatoms. The molecule has 70 valence electrons. The number of carbonyl (C=O) groups is 1. The highest BCUT2D eigenvalue weighted by Gasteiger charge is 2.14. The van der Waals surface area contributed by atoms with Crippen molar-refractivity contribution in [1.82, 2.24) is 9.78 Å². The van der Waals surface area contributed by atoms with Crippen LogP contribution < -0.4 is 5.73 Å². The summed E-state index contributed by atoms with van der Waals surface area (Å²) in [7, 11) is 1.28. The van der Waals surface area contributed by atoms with Crippen LogP contribution in [0.25, 0.3) is 0 Å². The number of nitrogens with two attached hydrogens (primary N) is 1. The average molecular weight is 182 g/mol. The average Bonchev–Trinajstić information content (AvgIpc) is 2.46. The van der Waals surface area contributed by atoms with Gasteiger partial charge in [-0.05, 0) is 6.92 Å². The minimum absolute atomic E-state index is 0.229.